The third-order valence-electron chi connectivity index (χ3n) is 7.83. The molecule has 0 atom stereocenters. The normalized spacial score (nSPS) is 11.9. The fourth-order valence-electron chi connectivity index (χ4n) is 5.37. The minimum atomic E-state index is -4.25. The van der Waals surface area contributed by atoms with E-state index in [4.69, 9.17) is 24.2 Å². The molecule has 2 heterocycles. The van der Waals surface area contributed by atoms with Crippen molar-refractivity contribution in [3.05, 3.63) is 47.0 Å². The number of nitrogens with zero attached hydrogens (tertiary/aromatic N) is 4. The fraction of sp³-hybridized carbons (Fsp3) is 0.667. The summed E-state index contributed by atoms with van der Waals surface area (Å²) in [5.74, 6) is 0.392. The standard InChI is InChI=1S/C33H54N5O6P/c1-2-3-4-5-6-7-8-9-10-11-12-13-14-18-24-43-25-19-22-38(29-20-16-15-17-21-29)33-35-31-30(32(39)36-33)34-27-37(31)23-26-44-28-45(40,41)42/h15-17,20-21,27H,2-14,18-19,22-26,28H2,1H3,(H,35,36,39)(H2,40,41,42). The lowest BCUT2D eigenvalue weighted by atomic mass is 10.0. The molecule has 3 rings (SSSR count). The van der Waals surface area contributed by atoms with Gasteiger partial charge in [-0.1, -0.05) is 109 Å². The highest BCUT2D eigenvalue weighted by atomic mass is 31.2. The van der Waals surface area contributed by atoms with Gasteiger partial charge in [-0.3, -0.25) is 14.3 Å². The number of fused-ring (bicyclic) bond motifs is 1. The maximum Gasteiger partial charge on any atom is 0.350 e. The molecule has 1 aromatic carbocycles. The largest absolute Gasteiger partial charge is 0.381 e. The number of anilines is 2. The molecule has 3 N–H and O–H groups in total. The molecule has 0 spiro atoms. The number of para-hydroxylation sites is 1. The fourth-order valence-corrected chi connectivity index (χ4v) is 5.74. The number of hydrogen-bond donors (Lipinski definition) is 3. The zero-order valence-corrected chi connectivity index (χ0v) is 28.0. The summed E-state index contributed by atoms with van der Waals surface area (Å²) in [6.07, 6.45) is 20.3. The molecule has 11 nitrogen and oxygen atoms in total. The highest BCUT2D eigenvalue weighted by Gasteiger charge is 2.17. The number of ether oxygens (including phenoxy) is 2. The van der Waals surface area contributed by atoms with Crippen LogP contribution in [0.15, 0.2) is 41.5 Å². The highest BCUT2D eigenvalue weighted by molar-refractivity contribution is 7.51. The van der Waals surface area contributed by atoms with Gasteiger partial charge in [0.15, 0.2) is 11.2 Å². The summed E-state index contributed by atoms with van der Waals surface area (Å²) in [5.41, 5.74) is 1.10. The lowest BCUT2D eigenvalue weighted by Gasteiger charge is -2.23. The van der Waals surface area contributed by atoms with Crippen molar-refractivity contribution in [1.29, 1.82) is 0 Å². The highest BCUT2D eigenvalue weighted by Crippen LogP contribution is 2.33. The summed E-state index contributed by atoms with van der Waals surface area (Å²) in [4.78, 5) is 44.6. The van der Waals surface area contributed by atoms with E-state index in [0.717, 1.165) is 25.1 Å². The van der Waals surface area contributed by atoms with Crippen LogP contribution in [0.1, 0.15) is 103 Å². The van der Waals surface area contributed by atoms with Gasteiger partial charge in [-0.15, -0.1) is 0 Å². The molecule has 0 saturated carbocycles. The zero-order valence-electron chi connectivity index (χ0n) is 27.1. The molecular formula is C33H54N5O6P. The van der Waals surface area contributed by atoms with E-state index in [1.165, 1.54) is 89.8 Å². The number of benzene rings is 1. The van der Waals surface area contributed by atoms with E-state index in [1.807, 2.05) is 35.2 Å². The van der Waals surface area contributed by atoms with Crippen LogP contribution in [0.25, 0.3) is 11.2 Å². The molecule has 0 aliphatic heterocycles. The Bertz CT molecular complexity index is 1310. The van der Waals surface area contributed by atoms with Crippen LogP contribution < -0.4 is 10.5 Å². The Morgan fingerprint density at radius 3 is 2.04 bits per heavy atom. The maximum atomic E-state index is 12.9. The Morgan fingerprint density at radius 1 is 0.822 bits per heavy atom. The Balaban J connectivity index is 1.38. The number of aromatic amines is 1. The maximum absolute atomic E-state index is 12.9. The van der Waals surface area contributed by atoms with E-state index in [0.29, 0.717) is 24.7 Å². The van der Waals surface area contributed by atoms with Crippen LogP contribution >= 0.6 is 7.60 Å². The first-order chi connectivity index (χ1) is 21.9. The van der Waals surface area contributed by atoms with Crippen LogP contribution in [0.5, 0.6) is 0 Å². The van der Waals surface area contributed by atoms with Gasteiger partial charge in [0.2, 0.25) is 5.95 Å². The molecule has 2 aromatic heterocycles. The van der Waals surface area contributed by atoms with Crippen molar-refractivity contribution in [2.75, 3.05) is 37.6 Å². The quantitative estimate of drug-likeness (QED) is 0.0604. The van der Waals surface area contributed by atoms with Crippen molar-refractivity contribution in [3.63, 3.8) is 0 Å². The van der Waals surface area contributed by atoms with E-state index >= 15 is 0 Å². The van der Waals surface area contributed by atoms with Crippen molar-refractivity contribution in [1.82, 2.24) is 19.5 Å². The van der Waals surface area contributed by atoms with E-state index in [1.54, 1.807) is 4.57 Å². The second-order valence-corrected chi connectivity index (χ2v) is 13.3. The summed E-state index contributed by atoms with van der Waals surface area (Å²) >= 11 is 0. The molecule has 45 heavy (non-hydrogen) atoms. The summed E-state index contributed by atoms with van der Waals surface area (Å²) in [6, 6.07) is 9.74. The second-order valence-electron chi connectivity index (χ2n) is 11.8. The first kappa shape index (κ1) is 36.9. The monoisotopic (exact) mass is 647 g/mol. The van der Waals surface area contributed by atoms with Gasteiger partial charge in [-0.05, 0) is 25.0 Å². The molecule has 0 radical (unpaired) electrons. The smallest absolute Gasteiger partial charge is 0.350 e. The van der Waals surface area contributed by atoms with Gasteiger partial charge in [-0.25, -0.2) is 4.98 Å². The van der Waals surface area contributed by atoms with Crippen LogP contribution in [0, 0.1) is 0 Å². The number of H-pyrrole nitrogens is 1. The first-order valence-electron chi connectivity index (χ1n) is 16.9. The number of aromatic nitrogens is 4. The average Bonchev–Trinajstić information content (AvgIpc) is 3.44. The molecule has 0 amide bonds. The third kappa shape index (κ3) is 14.6. The van der Waals surface area contributed by atoms with E-state index in [-0.39, 0.29) is 24.2 Å². The molecular weight excluding hydrogens is 593 g/mol. The van der Waals surface area contributed by atoms with E-state index in [9.17, 15) is 9.36 Å². The summed E-state index contributed by atoms with van der Waals surface area (Å²) in [7, 11) is -4.25. The van der Waals surface area contributed by atoms with Gasteiger partial charge in [0.1, 0.15) is 6.35 Å². The first-order valence-corrected chi connectivity index (χ1v) is 18.7. The van der Waals surface area contributed by atoms with E-state index < -0.39 is 13.9 Å². The molecule has 0 bridgehead atoms. The van der Waals surface area contributed by atoms with Gasteiger partial charge in [0, 0.05) is 32.0 Å². The predicted octanol–water partition coefficient (Wildman–Crippen LogP) is 7.30. The Kier molecular flexibility index (Phi) is 17.4. The lowest BCUT2D eigenvalue weighted by molar-refractivity contribution is 0.129. The van der Waals surface area contributed by atoms with Crippen molar-refractivity contribution in [2.45, 2.75) is 110 Å². The summed E-state index contributed by atoms with van der Waals surface area (Å²) in [6.45, 7) is 4.52. The Hall–Kier alpha value is -2.56. The van der Waals surface area contributed by atoms with Gasteiger partial charge in [0.05, 0.1) is 12.9 Å². The topological polar surface area (TPSA) is 143 Å². The number of rotatable bonds is 26. The molecule has 252 valence electrons. The molecule has 0 unspecified atom stereocenters. The predicted molar refractivity (Wildman–Crippen MR) is 180 cm³/mol. The van der Waals surface area contributed by atoms with Gasteiger partial charge < -0.3 is 28.7 Å². The van der Waals surface area contributed by atoms with Crippen LogP contribution in [0.3, 0.4) is 0 Å². The zero-order chi connectivity index (χ0) is 32.2. The molecule has 0 aliphatic rings. The average molecular weight is 648 g/mol. The van der Waals surface area contributed by atoms with Crippen molar-refractivity contribution >= 4 is 30.4 Å². The minimum absolute atomic E-state index is 0.0411. The van der Waals surface area contributed by atoms with Crippen molar-refractivity contribution in [3.8, 4) is 0 Å². The van der Waals surface area contributed by atoms with Crippen LogP contribution in [0.2, 0.25) is 0 Å². The SMILES string of the molecule is CCCCCCCCCCCCCCCCOCCCN(c1ccccc1)c1nc2c(ncn2CCOCP(=O)(O)O)c(=O)[nH]1. The molecule has 0 fully saturated rings. The minimum Gasteiger partial charge on any atom is -0.381 e. The molecule has 0 saturated heterocycles. The summed E-state index contributed by atoms with van der Waals surface area (Å²) in [5, 5.41) is 0. The van der Waals surface area contributed by atoms with Gasteiger partial charge in [0.25, 0.3) is 5.56 Å². The second kappa shape index (κ2) is 21.3. The van der Waals surface area contributed by atoms with Gasteiger partial charge >= 0.3 is 7.60 Å². The Morgan fingerprint density at radius 2 is 1.42 bits per heavy atom. The van der Waals surface area contributed by atoms with Crippen molar-refractivity contribution in [2.24, 2.45) is 0 Å². The number of imidazole rings is 1. The third-order valence-corrected chi connectivity index (χ3v) is 8.35. The summed E-state index contributed by atoms with van der Waals surface area (Å²) < 4.78 is 23.7. The van der Waals surface area contributed by atoms with Crippen LogP contribution in [-0.4, -0.2) is 62.0 Å². The molecule has 0 aliphatic carbocycles. The lowest BCUT2D eigenvalue weighted by Crippen LogP contribution is -2.25. The van der Waals surface area contributed by atoms with Gasteiger partial charge in [-0.2, -0.15) is 4.98 Å². The molecule has 12 heteroatoms. The van der Waals surface area contributed by atoms with Crippen molar-refractivity contribution < 1.29 is 23.8 Å². The number of nitrogens with one attached hydrogen (secondary N) is 1. The number of unbranched alkanes of at least 4 members (excludes halogenated alkanes) is 13. The number of hydrogen-bond acceptors (Lipinski definition) is 7. The Labute approximate surface area is 267 Å². The molecule has 3 aromatic rings. The van der Waals surface area contributed by atoms with E-state index in [2.05, 4.69) is 16.9 Å². The van der Waals surface area contributed by atoms with Crippen LogP contribution in [-0.2, 0) is 20.6 Å². The van der Waals surface area contributed by atoms with Crippen LogP contribution in [0.4, 0.5) is 11.6 Å².